The van der Waals surface area contributed by atoms with Gasteiger partial charge < -0.3 is 5.32 Å². The summed E-state index contributed by atoms with van der Waals surface area (Å²) in [6.45, 7) is 1.26. The molecule has 0 fully saturated rings. The number of carbonyl (C=O) groups is 2. The first-order chi connectivity index (χ1) is 9.95. The van der Waals surface area contributed by atoms with Crippen molar-refractivity contribution in [2.24, 2.45) is 0 Å². The molecule has 2 rings (SSSR count). The first-order valence-electron chi connectivity index (χ1n) is 5.78. The average molecular weight is 310 g/mol. The smallest absolute Gasteiger partial charge is 0.311 e. The molecule has 110 valence electrons. The van der Waals surface area contributed by atoms with Gasteiger partial charge in [0.2, 0.25) is 5.91 Å². The molecule has 0 spiro atoms. The molecule has 0 aliphatic carbocycles. The molecule has 0 unspecified atom stereocenters. The number of benzene rings is 1. The molecule has 0 aliphatic rings. The second-order valence-corrected chi connectivity index (χ2v) is 4.87. The van der Waals surface area contributed by atoms with E-state index in [4.69, 9.17) is 0 Å². The predicted octanol–water partition coefficient (Wildman–Crippen LogP) is 1.54. The standard InChI is InChI=1S/C12H11FN4O3S/c1-7(18)14-10-6-11(19)15-17(10)12(20)16-21-9-4-2-8(13)3-5-9/h2-6H,1H3,(H,14,18)(H,15,19)(H,16,20). The van der Waals surface area contributed by atoms with Crippen molar-refractivity contribution < 1.29 is 14.0 Å². The van der Waals surface area contributed by atoms with Crippen LogP contribution in [0.4, 0.5) is 15.0 Å². The number of hydrogen-bond donors (Lipinski definition) is 3. The van der Waals surface area contributed by atoms with Gasteiger partial charge in [0.1, 0.15) is 11.6 Å². The third-order valence-electron chi connectivity index (χ3n) is 2.31. The van der Waals surface area contributed by atoms with Crippen molar-refractivity contribution in [3.05, 3.63) is 46.5 Å². The monoisotopic (exact) mass is 310 g/mol. The minimum absolute atomic E-state index is 0.0321. The summed E-state index contributed by atoms with van der Waals surface area (Å²) in [6, 6.07) is 5.93. The molecule has 0 aliphatic heterocycles. The summed E-state index contributed by atoms with van der Waals surface area (Å²) in [7, 11) is 0. The number of carbonyl (C=O) groups excluding carboxylic acids is 2. The van der Waals surface area contributed by atoms with Crippen LogP contribution in [0.2, 0.25) is 0 Å². The highest BCUT2D eigenvalue weighted by Crippen LogP contribution is 2.15. The lowest BCUT2D eigenvalue weighted by molar-refractivity contribution is -0.114. The van der Waals surface area contributed by atoms with E-state index in [0.717, 1.165) is 22.7 Å². The van der Waals surface area contributed by atoms with Gasteiger partial charge in [0.25, 0.3) is 5.56 Å². The molecule has 21 heavy (non-hydrogen) atoms. The molecule has 0 bridgehead atoms. The molecule has 1 heterocycles. The molecule has 0 saturated carbocycles. The van der Waals surface area contributed by atoms with Crippen LogP contribution in [0.1, 0.15) is 6.92 Å². The quantitative estimate of drug-likeness (QED) is 0.749. The second kappa shape index (κ2) is 6.27. The van der Waals surface area contributed by atoms with Crippen molar-refractivity contribution in [1.29, 1.82) is 0 Å². The molecule has 0 radical (unpaired) electrons. The number of nitrogens with zero attached hydrogens (tertiary/aromatic N) is 1. The van der Waals surface area contributed by atoms with Crippen LogP contribution < -0.4 is 15.6 Å². The zero-order valence-electron chi connectivity index (χ0n) is 10.8. The number of hydrogen-bond acceptors (Lipinski definition) is 4. The molecule has 7 nitrogen and oxygen atoms in total. The maximum Gasteiger partial charge on any atom is 0.352 e. The van der Waals surface area contributed by atoms with Crippen molar-refractivity contribution in [1.82, 2.24) is 14.5 Å². The molecular formula is C12H11FN4O3S. The van der Waals surface area contributed by atoms with Gasteiger partial charge in [-0.1, -0.05) is 0 Å². The van der Waals surface area contributed by atoms with Crippen LogP contribution in [0.3, 0.4) is 0 Å². The largest absolute Gasteiger partial charge is 0.352 e. The van der Waals surface area contributed by atoms with Crippen LogP contribution >= 0.6 is 11.9 Å². The number of anilines is 1. The molecule has 1 aromatic heterocycles. The normalized spacial score (nSPS) is 10.2. The van der Waals surface area contributed by atoms with Crippen LogP contribution in [-0.4, -0.2) is 21.7 Å². The summed E-state index contributed by atoms with van der Waals surface area (Å²) in [5.74, 6) is -0.764. The number of aromatic nitrogens is 2. The van der Waals surface area contributed by atoms with Crippen LogP contribution in [0, 0.1) is 5.82 Å². The highest BCUT2D eigenvalue weighted by Gasteiger charge is 2.13. The minimum Gasteiger partial charge on any atom is -0.311 e. The highest BCUT2D eigenvalue weighted by molar-refractivity contribution is 7.98. The first-order valence-corrected chi connectivity index (χ1v) is 6.60. The fourth-order valence-corrected chi connectivity index (χ4v) is 2.04. The van der Waals surface area contributed by atoms with Crippen molar-refractivity contribution in [2.45, 2.75) is 11.8 Å². The van der Waals surface area contributed by atoms with Crippen LogP contribution in [0.15, 0.2) is 40.0 Å². The summed E-state index contributed by atoms with van der Waals surface area (Å²) >= 11 is 0.947. The Labute approximate surface area is 122 Å². The fraction of sp³-hybridized carbons (Fsp3) is 0.0833. The Morgan fingerprint density at radius 3 is 2.57 bits per heavy atom. The lowest BCUT2D eigenvalue weighted by atomic mass is 10.4. The van der Waals surface area contributed by atoms with E-state index in [0.29, 0.717) is 4.90 Å². The Balaban J connectivity index is 2.08. The summed E-state index contributed by atoms with van der Waals surface area (Å²) in [6.07, 6.45) is 0. The van der Waals surface area contributed by atoms with Crippen molar-refractivity contribution in [3.63, 3.8) is 0 Å². The summed E-state index contributed by atoms with van der Waals surface area (Å²) in [5, 5.41) is 4.61. The third-order valence-corrected chi connectivity index (χ3v) is 3.09. The lowest BCUT2D eigenvalue weighted by Crippen LogP contribution is -2.27. The predicted molar refractivity (Wildman–Crippen MR) is 75.5 cm³/mol. The molecule has 9 heteroatoms. The zero-order chi connectivity index (χ0) is 15.4. The van der Waals surface area contributed by atoms with Gasteiger partial charge in [-0.3, -0.25) is 19.4 Å². The number of halogens is 1. The minimum atomic E-state index is -0.657. The fourth-order valence-electron chi connectivity index (χ4n) is 1.47. The first kappa shape index (κ1) is 14.9. The molecule has 1 aromatic carbocycles. The van der Waals surface area contributed by atoms with Gasteiger partial charge in [-0.15, -0.1) is 0 Å². The zero-order valence-corrected chi connectivity index (χ0v) is 11.7. The third kappa shape index (κ3) is 3.96. The number of rotatable bonds is 3. The van der Waals surface area contributed by atoms with Crippen LogP contribution in [-0.2, 0) is 4.79 Å². The molecule has 2 aromatic rings. The Morgan fingerprint density at radius 2 is 1.95 bits per heavy atom. The van der Waals surface area contributed by atoms with E-state index in [9.17, 15) is 18.8 Å². The van der Waals surface area contributed by atoms with Gasteiger partial charge in [0, 0.05) is 17.9 Å². The van der Waals surface area contributed by atoms with E-state index in [-0.39, 0.29) is 11.6 Å². The Morgan fingerprint density at radius 1 is 1.29 bits per heavy atom. The maximum absolute atomic E-state index is 12.7. The van der Waals surface area contributed by atoms with Crippen molar-refractivity contribution >= 4 is 29.7 Å². The molecule has 0 saturated heterocycles. The maximum atomic E-state index is 12.7. The van der Waals surface area contributed by atoms with Crippen LogP contribution in [0.25, 0.3) is 0 Å². The number of H-pyrrole nitrogens is 1. The van der Waals surface area contributed by atoms with Gasteiger partial charge in [0.15, 0.2) is 0 Å². The molecule has 3 N–H and O–H groups in total. The van der Waals surface area contributed by atoms with E-state index in [1.54, 1.807) is 0 Å². The van der Waals surface area contributed by atoms with E-state index >= 15 is 0 Å². The van der Waals surface area contributed by atoms with Crippen LogP contribution in [0.5, 0.6) is 0 Å². The molecule has 2 amide bonds. The summed E-state index contributed by atoms with van der Waals surface area (Å²) < 4.78 is 16.1. The van der Waals surface area contributed by atoms with E-state index in [1.165, 1.54) is 31.2 Å². The topological polar surface area (TPSA) is 96.0 Å². The van der Waals surface area contributed by atoms with E-state index in [2.05, 4.69) is 15.1 Å². The number of amides is 2. The summed E-state index contributed by atoms with van der Waals surface area (Å²) in [5.41, 5.74) is -0.527. The number of nitrogens with one attached hydrogen (secondary N) is 3. The van der Waals surface area contributed by atoms with E-state index in [1.807, 2.05) is 0 Å². The molecular weight excluding hydrogens is 299 g/mol. The SMILES string of the molecule is CC(=O)Nc1cc(=O)[nH]n1C(=O)NSc1ccc(F)cc1. The van der Waals surface area contributed by atoms with Crippen molar-refractivity contribution in [2.75, 3.05) is 5.32 Å². The highest BCUT2D eigenvalue weighted by atomic mass is 32.2. The van der Waals surface area contributed by atoms with Gasteiger partial charge in [-0.25, -0.2) is 9.18 Å². The Bertz CT molecular complexity index is 723. The number of aromatic amines is 1. The average Bonchev–Trinajstić information content (AvgIpc) is 2.78. The van der Waals surface area contributed by atoms with E-state index < -0.39 is 17.5 Å². The molecule has 0 atom stereocenters. The Hall–Kier alpha value is -2.55. The van der Waals surface area contributed by atoms with Gasteiger partial charge >= 0.3 is 6.03 Å². The summed E-state index contributed by atoms with van der Waals surface area (Å²) in [4.78, 5) is 34.8. The van der Waals surface area contributed by atoms with Gasteiger partial charge in [-0.05, 0) is 36.2 Å². The lowest BCUT2D eigenvalue weighted by Gasteiger charge is -2.08. The van der Waals surface area contributed by atoms with Gasteiger partial charge in [0.05, 0.1) is 0 Å². The van der Waals surface area contributed by atoms with Gasteiger partial charge in [-0.2, -0.15) is 4.68 Å². The van der Waals surface area contributed by atoms with Crippen molar-refractivity contribution in [3.8, 4) is 0 Å². The Kier molecular flexibility index (Phi) is 4.43. The second-order valence-electron chi connectivity index (χ2n) is 3.99.